The molecule has 0 spiro atoms. The summed E-state index contributed by atoms with van der Waals surface area (Å²) in [5.74, 6) is 0.828. The molecule has 0 aromatic heterocycles. The molecule has 1 saturated carbocycles. The Balaban J connectivity index is 2.03. The van der Waals surface area contributed by atoms with Crippen molar-refractivity contribution >= 4 is 0 Å². The summed E-state index contributed by atoms with van der Waals surface area (Å²) in [7, 11) is 0. The number of hydrogen-bond donors (Lipinski definition) is 1. The molecule has 1 aliphatic rings. The van der Waals surface area contributed by atoms with Crippen LogP contribution in [0.4, 0.5) is 0 Å². The lowest BCUT2D eigenvalue weighted by atomic mass is 9.90. The van der Waals surface area contributed by atoms with Gasteiger partial charge in [-0.3, -0.25) is 0 Å². The van der Waals surface area contributed by atoms with Gasteiger partial charge in [0, 0.05) is 6.61 Å². The first-order valence-corrected chi connectivity index (χ1v) is 5.64. The van der Waals surface area contributed by atoms with E-state index in [1.165, 1.54) is 32.1 Å². The zero-order valence-corrected chi connectivity index (χ0v) is 8.80. The summed E-state index contributed by atoms with van der Waals surface area (Å²) in [5.41, 5.74) is 5.46. The van der Waals surface area contributed by atoms with Crippen LogP contribution in [0.2, 0.25) is 0 Å². The Morgan fingerprint density at radius 3 is 2.62 bits per heavy atom. The predicted molar refractivity (Wildman–Crippen MR) is 55.7 cm³/mol. The van der Waals surface area contributed by atoms with Gasteiger partial charge in [-0.1, -0.05) is 19.3 Å². The highest BCUT2D eigenvalue weighted by molar-refractivity contribution is 4.65. The normalized spacial score (nSPS) is 21.7. The van der Waals surface area contributed by atoms with E-state index < -0.39 is 0 Å². The molecular formula is C11H23NO. The molecule has 0 aromatic carbocycles. The minimum Gasteiger partial charge on any atom is -0.378 e. The van der Waals surface area contributed by atoms with Crippen LogP contribution in [-0.4, -0.2) is 19.3 Å². The average molecular weight is 185 g/mol. The largest absolute Gasteiger partial charge is 0.378 e. The summed E-state index contributed by atoms with van der Waals surface area (Å²) in [6.45, 7) is 3.82. The monoisotopic (exact) mass is 185 g/mol. The summed E-state index contributed by atoms with van der Waals surface area (Å²) >= 11 is 0. The molecule has 0 aliphatic heterocycles. The summed E-state index contributed by atoms with van der Waals surface area (Å²) in [4.78, 5) is 0. The van der Waals surface area contributed by atoms with Gasteiger partial charge in [-0.25, -0.2) is 0 Å². The highest BCUT2D eigenvalue weighted by atomic mass is 16.5. The van der Waals surface area contributed by atoms with Crippen molar-refractivity contribution in [3.05, 3.63) is 0 Å². The van der Waals surface area contributed by atoms with Gasteiger partial charge in [-0.15, -0.1) is 0 Å². The zero-order chi connectivity index (χ0) is 9.52. The van der Waals surface area contributed by atoms with Crippen LogP contribution in [0, 0.1) is 5.92 Å². The predicted octanol–water partition coefficient (Wildman–Crippen LogP) is 2.32. The molecule has 2 nitrogen and oxygen atoms in total. The summed E-state index contributed by atoms with van der Waals surface area (Å²) in [5, 5.41) is 0. The van der Waals surface area contributed by atoms with Gasteiger partial charge in [-0.05, 0) is 38.6 Å². The highest BCUT2D eigenvalue weighted by Gasteiger charge is 2.14. The van der Waals surface area contributed by atoms with E-state index in [2.05, 4.69) is 6.92 Å². The molecule has 13 heavy (non-hydrogen) atoms. The van der Waals surface area contributed by atoms with Crippen LogP contribution in [0.25, 0.3) is 0 Å². The number of hydrogen-bond acceptors (Lipinski definition) is 2. The molecule has 0 amide bonds. The lowest BCUT2D eigenvalue weighted by molar-refractivity contribution is 0.0280. The summed E-state index contributed by atoms with van der Waals surface area (Å²) in [6, 6.07) is 0. The van der Waals surface area contributed by atoms with Crippen molar-refractivity contribution in [3.63, 3.8) is 0 Å². The minimum absolute atomic E-state index is 0.354. The molecule has 1 fully saturated rings. The van der Waals surface area contributed by atoms with E-state index in [0.29, 0.717) is 6.10 Å². The average Bonchev–Trinajstić information content (AvgIpc) is 2.17. The van der Waals surface area contributed by atoms with Crippen molar-refractivity contribution in [3.8, 4) is 0 Å². The Kier molecular flexibility index (Phi) is 5.40. The summed E-state index contributed by atoms with van der Waals surface area (Å²) in [6.07, 6.45) is 8.32. The second-order valence-electron chi connectivity index (χ2n) is 4.23. The van der Waals surface area contributed by atoms with Crippen molar-refractivity contribution in [1.82, 2.24) is 0 Å². The van der Waals surface area contributed by atoms with Gasteiger partial charge in [0.25, 0.3) is 0 Å². The van der Waals surface area contributed by atoms with Gasteiger partial charge >= 0.3 is 0 Å². The van der Waals surface area contributed by atoms with Crippen LogP contribution in [0.15, 0.2) is 0 Å². The third kappa shape index (κ3) is 4.63. The molecule has 1 unspecified atom stereocenters. The van der Waals surface area contributed by atoms with Crippen LogP contribution in [0.3, 0.4) is 0 Å². The van der Waals surface area contributed by atoms with Gasteiger partial charge < -0.3 is 10.5 Å². The van der Waals surface area contributed by atoms with E-state index in [0.717, 1.165) is 25.5 Å². The topological polar surface area (TPSA) is 35.2 Å². The van der Waals surface area contributed by atoms with Gasteiger partial charge in [0.1, 0.15) is 0 Å². The Labute approximate surface area is 81.8 Å². The van der Waals surface area contributed by atoms with Crippen molar-refractivity contribution in [2.45, 2.75) is 51.6 Å². The number of ether oxygens (including phenoxy) is 1. The van der Waals surface area contributed by atoms with Crippen molar-refractivity contribution in [2.75, 3.05) is 13.2 Å². The van der Waals surface area contributed by atoms with Gasteiger partial charge in [0.2, 0.25) is 0 Å². The Hall–Kier alpha value is -0.0800. The smallest absolute Gasteiger partial charge is 0.0559 e. The standard InChI is InChI=1S/C11H23NO/c1-10(7-8-12)13-9-11-5-3-2-4-6-11/h10-11H,2-9,12H2,1H3. The molecule has 2 N–H and O–H groups in total. The molecule has 1 aliphatic carbocycles. The van der Waals surface area contributed by atoms with Gasteiger partial charge in [0.15, 0.2) is 0 Å². The fourth-order valence-electron chi connectivity index (χ4n) is 1.97. The Bertz CT molecular complexity index is 121. The zero-order valence-electron chi connectivity index (χ0n) is 8.80. The van der Waals surface area contributed by atoms with Crippen LogP contribution in [-0.2, 0) is 4.74 Å². The first kappa shape index (κ1) is 11.0. The molecule has 78 valence electrons. The second kappa shape index (κ2) is 6.39. The molecule has 1 atom stereocenters. The van der Waals surface area contributed by atoms with Crippen molar-refractivity contribution < 1.29 is 4.74 Å². The van der Waals surface area contributed by atoms with E-state index in [1.54, 1.807) is 0 Å². The van der Waals surface area contributed by atoms with Crippen molar-refractivity contribution in [2.24, 2.45) is 11.7 Å². The molecule has 0 aromatic rings. The fraction of sp³-hybridized carbons (Fsp3) is 1.00. The van der Waals surface area contributed by atoms with Crippen molar-refractivity contribution in [1.29, 1.82) is 0 Å². The molecule has 0 bridgehead atoms. The quantitative estimate of drug-likeness (QED) is 0.713. The van der Waals surface area contributed by atoms with Crippen LogP contribution in [0.1, 0.15) is 45.4 Å². The SMILES string of the molecule is CC(CCN)OCC1CCCCC1. The van der Waals surface area contributed by atoms with Crippen LogP contribution in [0.5, 0.6) is 0 Å². The Morgan fingerprint density at radius 2 is 2.00 bits per heavy atom. The minimum atomic E-state index is 0.354. The maximum Gasteiger partial charge on any atom is 0.0559 e. The van der Waals surface area contributed by atoms with Gasteiger partial charge in [0.05, 0.1) is 6.10 Å². The summed E-state index contributed by atoms with van der Waals surface area (Å²) < 4.78 is 5.74. The van der Waals surface area contributed by atoms with E-state index >= 15 is 0 Å². The molecule has 0 radical (unpaired) electrons. The molecule has 0 heterocycles. The maximum absolute atomic E-state index is 5.74. The second-order valence-corrected chi connectivity index (χ2v) is 4.23. The fourth-order valence-corrected chi connectivity index (χ4v) is 1.97. The first-order chi connectivity index (χ1) is 6.33. The molecule has 2 heteroatoms. The maximum atomic E-state index is 5.74. The van der Waals surface area contributed by atoms with Crippen LogP contribution >= 0.6 is 0 Å². The van der Waals surface area contributed by atoms with Gasteiger partial charge in [-0.2, -0.15) is 0 Å². The third-order valence-corrected chi connectivity index (χ3v) is 2.91. The van der Waals surface area contributed by atoms with Crippen LogP contribution < -0.4 is 5.73 Å². The lowest BCUT2D eigenvalue weighted by Crippen LogP contribution is -2.20. The molecule has 0 saturated heterocycles. The van der Waals surface area contributed by atoms with E-state index in [4.69, 9.17) is 10.5 Å². The third-order valence-electron chi connectivity index (χ3n) is 2.91. The van der Waals surface area contributed by atoms with E-state index in [-0.39, 0.29) is 0 Å². The number of rotatable bonds is 5. The molecule has 1 rings (SSSR count). The number of nitrogens with two attached hydrogens (primary N) is 1. The molecular weight excluding hydrogens is 162 g/mol. The first-order valence-electron chi connectivity index (χ1n) is 5.64. The van der Waals surface area contributed by atoms with E-state index in [1.807, 2.05) is 0 Å². The highest BCUT2D eigenvalue weighted by Crippen LogP contribution is 2.24. The lowest BCUT2D eigenvalue weighted by Gasteiger charge is -2.23. The van der Waals surface area contributed by atoms with E-state index in [9.17, 15) is 0 Å². The Morgan fingerprint density at radius 1 is 1.31 bits per heavy atom.